The normalized spacial score (nSPS) is 36.4. The van der Waals surface area contributed by atoms with Gasteiger partial charge in [-0.05, 0) is 38.5 Å². The van der Waals surface area contributed by atoms with Crippen LogP contribution in [0.25, 0.3) is 0 Å². The number of aliphatic hydroxyl groups excluding tert-OH is 1. The molecule has 2 atom stereocenters. The van der Waals surface area contributed by atoms with Gasteiger partial charge in [-0.3, -0.25) is 4.79 Å². The molecular formula is C15H26O4. The number of carboxylic acids is 1. The van der Waals surface area contributed by atoms with Crippen LogP contribution in [0.5, 0.6) is 0 Å². The average molecular weight is 270 g/mol. The standard InChI is InChI=1S/C15H26O4/c1-3-6-15(7-4-2)14(12(17)18)9-5-8-13(10-14,11-16)19-15/h16H,3-11H2,1-2H3,(H,17,18)/t13-,14+/m0/s1. The molecule has 1 saturated heterocycles. The number of carbonyl (C=O) groups is 1. The molecule has 1 heterocycles. The summed E-state index contributed by atoms with van der Waals surface area (Å²) in [4.78, 5) is 12.0. The van der Waals surface area contributed by atoms with Crippen molar-refractivity contribution in [3.8, 4) is 0 Å². The number of aliphatic carboxylic acids is 1. The van der Waals surface area contributed by atoms with E-state index in [4.69, 9.17) is 4.74 Å². The third-order valence-corrected chi connectivity index (χ3v) is 5.15. The second-order valence-corrected chi connectivity index (χ2v) is 6.36. The lowest BCUT2D eigenvalue weighted by Gasteiger charge is -2.41. The molecule has 1 saturated carbocycles. The van der Waals surface area contributed by atoms with E-state index in [9.17, 15) is 15.0 Å². The molecule has 0 aromatic carbocycles. The maximum absolute atomic E-state index is 12.0. The molecule has 2 N–H and O–H groups in total. The quantitative estimate of drug-likeness (QED) is 0.778. The average Bonchev–Trinajstić information content (AvgIpc) is 2.57. The van der Waals surface area contributed by atoms with Gasteiger partial charge in [0.25, 0.3) is 0 Å². The minimum absolute atomic E-state index is 0.0583. The molecule has 2 aliphatic rings. The van der Waals surface area contributed by atoms with Crippen molar-refractivity contribution < 1.29 is 19.7 Å². The smallest absolute Gasteiger partial charge is 0.312 e. The molecule has 2 bridgehead atoms. The van der Waals surface area contributed by atoms with Crippen LogP contribution in [-0.2, 0) is 9.53 Å². The van der Waals surface area contributed by atoms with Gasteiger partial charge in [0.2, 0.25) is 0 Å². The summed E-state index contributed by atoms with van der Waals surface area (Å²) >= 11 is 0. The summed E-state index contributed by atoms with van der Waals surface area (Å²) in [5.41, 5.74) is -1.98. The number of fused-ring (bicyclic) bond motifs is 2. The van der Waals surface area contributed by atoms with Gasteiger partial charge < -0.3 is 14.9 Å². The van der Waals surface area contributed by atoms with Crippen LogP contribution in [0, 0.1) is 5.41 Å². The lowest BCUT2D eigenvalue weighted by Crippen LogP contribution is -2.50. The summed E-state index contributed by atoms with van der Waals surface area (Å²) in [6, 6.07) is 0. The summed E-state index contributed by atoms with van der Waals surface area (Å²) in [6.45, 7) is 4.09. The number of carboxylic acid groups (broad SMARTS) is 1. The van der Waals surface area contributed by atoms with Crippen LogP contribution in [0.3, 0.4) is 0 Å². The van der Waals surface area contributed by atoms with Crippen LogP contribution >= 0.6 is 0 Å². The molecule has 0 aromatic rings. The van der Waals surface area contributed by atoms with Gasteiger partial charge in [0, 0.05) is 0 Å². The van der Waals surface area contributed by atoms with Crippen molar-refractivity contribution >= 4 is 5.97 Å². The Labute approximate surface area is 115 Å². The first-order valence-electron chi connectivity index (χ1n) is 7.54. The lowest BCUT2D eigenvalue weighted by molar-refractivity contribution is -0.171. The van der Waals surface area contributed by atoms with Gasteiger partial charge in [-0.15, -0.1) is 0 Å². The molecule has 0 spiro atoms. The predicted octanol–water partition coefficient (Wildman–Crippen LogP) is 2.73. The van der Waals surface area contributed by atoms with E-state index in [1.165, 1.54) is 0 Å². The predicted molar refractivity (Wildman–Crippen MR) is 72.0 cm³/mol. The summed E-state index contributed by atoms with van der Waals surface area (Å²) in [5.74, 6) is -0.732. The molecule has 0 aromatic heterocycles. The highest BCUT2D eigenvalue weighted by Crippen LogP contribution is 2.62. The third kappa shape index (κ3) is 2.00. The zero-order valence-corrected chi connectivity index (χ0v) is 12.1. The van der Waals surface area contributed by atoms with Gasteiger partial charge in [-0.25, -0.2) is 0 Å². The highest BCUT2D eigenvalue weighted by Gasteiger charge is 2.68. The van der Waals surface area contributed by atoms with Gasteiger partial charge in [0.05, 0.1) is 23.2 Å². The SMILES string of the molecule is CCCC1(CCC)O[C@@]2(CO)CCC[C@]1(C(=O)O)C2. The largest absolute Gasteiger partial charge is 0.481 e. The van der Waals surface area contributed by atoms with Gasteiger partial charge >= 0.3 is 5.97 Å². The van der Waals surface area contributed by atoms with Crippen LogP contribution in [-0.4, -0.2) is 34.0 Å². The number of ether oxygens (including phenoxy) is 1. The van der Waals surface area contributed by atoms with Crippen LogP contribution in [0.1, 0.15) is 65.2 Å². The molecule has 4 heteroatoms. The third-order valence-electron chi connectivity index (χ3n) is 5.15. The van der Waals surface area contributed by atoms with Crippen molar-refractivity contribution in [1.29, 1.82) is 0 Å². The van der Waals surface area contributed by atoms with E-state index in [2.05, 4.69) is 13.8 Å². The van der Waals surface area contributed by atoms with Crippen molar-refractivity contribution in [2.45, 2.75) is 76.4 Å². The Kier molecular flexibility index (Phi) is 3.94. The Morgan fingerprint density at radius 1 is 1.21 bits per heavy atom. The zero-order chi connectivity index (χ0) is 14.1. The van der Waals surface area contributed by atoms with Crippen molar-refractivity contribution in [3.05, 3.63) is 0 Å². The Balaban J connectivity index is 2.47. The van der Waals surface area contributed by atoms with E-state index in [0.717, 1.165) is 38.5 Å². The van der Waals surface area contributed by atoms with E-state index in [-0.39, 0.29) is 6.61 Å². The maximum atomic E-state index is 12.0. The zero-order valence-electron chi connectivity index (χ0n) is 12.1. The van der Waals surface area contributed by atoms with Gasteiger partial charge in [-0.1, -0.05) is 26.7 Å². The van der Waals surface area contributed by atoms with Gasteiger partial charge in [0.1, 0.15) is 0 Å². The minimum atomic E-state index is -0.792. The first-order chi connectivity index (χ1) is 9.00. The van der Waals surface area contributed by atoms with E-state index in [1.54, 1.807) is 0 Å². The van der Waals surface area contributed by atoms with E-state index < -0.39 is 22.6 Å². The Hall–Kier alpha value is -0.610. The van der Waals surface area contributed by atoms with Crippen molar-refractivity contribution in [3.63, 3.8) is 0 Å². The molecule has 1 aliphatic carbocycles. The molecular weight excluding hydrogens is 244 g/mol. The molecule has 0 unspecified atom stereocenters. The molecule has 1 aliphatic heterocycles. The maximum Gasteiger partial charge on any atom is 0.312 e. The minimum Gasteiger partial charge on any atom is -0.481 e. The lowest BCUT2D eigenvalue weighted by atomic mass is 9.60. The van der Waals surface area contributed by atoms with Crippen LogP contribution in [0.4, 0.5) is 0 Å². The molecule has 0 amide bonds. The highest BCUT2D eigenvalue weighted by molar-refractivity contribution is 5.77. The fraction of sp³-hybridized carbons (Fsp3) is 0.933. The highest BCUT2D eigenvalue weighted by atomic mass is 16.5. The van der Waals surface area contributed by atoms with E-state index in [1.807, 2.05) is 0 Å². The van der Waals surface area contributed by atoms with Crippen molar-refractivity contribution in [2.24, 2.45) is 5.41 Å². The van der Waals surface area contributed by atoms with E-state index in [0.29, 0.717) is 12.8 Å². The van der Waals surface area contributed by atoms with E-state index >= 15 is 0 Å². The summed E-state index contributed by atoms with van der Waals surface area (Å²) in [6.07, 6.45) is 6.16. The Morgan fingerprint density at radius 2 is 1.84 bits per heavy atom. The second kappa shape index (κ2) is 5.06. The number of rotatable bonds is 6. The summed E-state index contributed by atoms with van der Waals surface area (Å²) in [7, 11) is 0. The molecule has 110 valence electrons. The summed E-state index contributed by atoms with van der Waals surface area (Å²) < 4.78 is 6.32. The van der Waals surface area contributed by atoms with Crippen molar-refractivity contribution in [1.82, 2.24) is 0 Å². The summed E-state index contributed by atoms with van der Waals surface area (Å²) in [5, 5.41) is 19.6. The first kappa shape index (κ1) is 14.8. The van der Waals surface area contributed by atoms with Gasteiger partial charge in [0.15, 0.2) is 0 Å². The van der Waals surface area contributed by atoms with Crippen LogP contribution in [0.15, 0.2) is 0 Å². The molecule has 0 radical (unpaired) electrons. The Bertz CT molecular complexity index is 348. The van der Waals surface area contributed by atoms with Crippen LogP contribution in [0.2, 0.25) is 0 Å². The van der Waals surface area contributed by atoms with Crippen molar-refractivity contribution in [2.75, 3.05) is 6.61 Å². The molecule has 2 rings (SSSR count). The van der Waals surface area contributed by atoms with Crippen LogP contribution < -0.4 is 0 Å². The first-order valence-corrected chi connectivity index (χ1v) is 7.54. The number of hydrogen-bond acceptors (Lipinski definition) is 3. The topological polar surface area (TPSA) is 66.8 Å². The monoisotopic (exact) mass is 270 g/mol. The van der Waals surface area contributed by atoms with Gasteiger partial charge in [-0.2, -0.15) is 0 Å². The fourth-order valence-electron chi connectivity index (χ4n) is 4.49. The molecule has 2 fully saturated rings. The Morgan fingerprint density at radius 3 is 2.32 bits per heavy atom. The number of aliphatic hydroxyl groups is 1. The second-order valence-electron chi connectivity index (χ2n) is 6.36. The number of hydrogen-bond donors (Lipinski definition) is 2. The molecule has 19 heavy (non-hydrogen) atoms. The fourth-order valence-corrected chi connectivity index (χ4v) is 4.49. The molecule has 4 nitrogen and oxygen atoms in total.